The van der Waals surface area contributed by atoms with E-state index in [1.165, 1.54) is 19.2 Å². The topological polar surface area (TPSA) is 85.1 Å². The third-order valence-corrected chi connectivity index (χ3v) is 2.09. The van der Waals surface area contributed by atoms with Gasteiger partial charge in [-0.3, -0.25) is 19.9 Å². The van der Waals surface area contributed by atoms with Gasteiger partial charge in [-0.25, -0.2) is 0 Å². The SMILES string of the molecule is CC(=O)NCC=Cc1cc([N+](=O)[O-])cnc1C. The van der Waals surface area contributed by atoms with Crippen LogP contribution in [0.4, 0.5) is 5.69 Å². The molecule has 0 aliphatic carbocycles. The van der Waals surface area contributed by atoms with Gasteiger partial charge in [-0.05, 0) is 6.92 Å². The Morgan fingerprint density at radius 2 is 2.35 bits per heavy atom. The standard InChI is InChI=1S/C11H13N3O3/c1-8-10(4-3-5-12-9(2)15)6-11(7-13-8)14(16)17/h3-4,6-7H,5H2,1-2H3,(H,12,15). The Labute approximate surface area is 98.5 Å². The molecular weight excluding hydrogens is 222 g/mol. The molecule has 1 aromatic rings. The number of nitrogens with one attached hydrogen (secondary N) is 1. The normalized spacial score (nSPS) is 10.5. The molecule has 1 aromatic heterocycles. The fourth-order valence-electron chi connectivity index (χ4n) is 1.20. The molecule has 0 aromatic carbocycles. The summed E-state index contributed by atoms with van der Waals surface area (Å²) in [6.07, 6.45) is 4.64. The van der Waals surface area contributed by atoms with Gasteiger partial charge in [0, 0.05) is 30.8 Å². The molecule has 0 spiro atoms. The lowest BCUT2D eigenvalue weighted by Gasteiger charge is -1.99. The van der Waals surface area contributed by atoms with Crippen molar-refractivity contribution in [2.24, 2.45) is 0 Å². The van der Waals surface area contributed by atoms with Crippen molar-refractivity contribution in [3.63, 3.8) is 0 Å². The Morgan fingerprint density at radius 3 is 2.94 bits per heavy atom. The van der Waals surface area contributed by atoms with E-state index in [-0.39, 0.29) is 11.6 Å². The molecule has 0 aliphatic heterocycles. The lowest BCUT2D eigenvalue weighted by atomic mass is 10.2. The van der Waals surface area contributed by atoms with E-state index in [9.17, 15) is 14.9 Å². The Kier molecular flexibility index (Phi) is 4.33. The zero-order valence-electron chi connectivity index (χ0n) is 9.64. The number of hydrogen-bond acceptors (Lipinski definition) is 4. The predicted molar refractivity (Wildman–Crippen MR) is 63.3 cm³/mol. The van der Waals surface area contributed by atoms with Gasteiger partial charge in [0.1, 0.15) is 6.20 Å². The maximum atomic E-state index is 10.6. The van der Waals surface area contributed by atoms with Crippen LogP contribution >= 0.6 is 0 Å². The molecule has 0 saturated heterocycles. The summed E-state index contributed by atoms with van der Waals surface area (Å²) in [4.78, 5) is 24.6. The van der Waals surface area contributed by atoms with Gasteiger partial charge >= 0.3 is 0 Å². The summed E-state index contributed by atoms with van der Waals surface area (Å²) in [6, 6.07) is 1.45. The van der Waals surface area contributed by atoms with Crippen molar-refractivity contribution in [2.45, 2.75) is 13.8 Å². The number of nitro groups is 1. The highest BCUT2D eigenvalue weighted by molar-refractivity contribution is 5.73. The van der Waals surface area contributed by atoms with Crippen LogP contribution in [0.1, 0.15) is 18.2 Å². The highest BCUT2D eigenvalue weighted by Gasteiger charge is 2.07. The van der Waals surface area contributed by atoms with Crippen LogP contribution in [0.2, 0.25) is 0 Å². The summed E-state index contributed by atoms with van der Waals surface area (Å²) < 4.78 is 0. The Balaban J connectivity index is 2.79. The zero-order chi connectivity index (χ0) is 12.8. The minimum Gasteiger partial charge on any atom is -0.353 e. The van der Waals surface area contributed by atoms with Gasteiger partial charge in [0.05, 0.1) is 4.92 Å². The van der Waals surface area contributed by atoms with E-state index in [4.69, 9.17) is 0 Å². The van der Waals surface area contributed by atoms with Gasteiger partial charge < -0.3 is 5.32 Å². The second kappa shape index (κ2) is 5.74. The average molecular weight is 235 g/mol. The first-order valence-corrected chi connectivity index (χ1v) is 5.02. The summed E-state index contributed by atoms with van der Waals surface area (Å²) in [5.41, 5.74) is 1.33. The molecular formula is C11H13N3O3. The molecule has 6 heteroatoms. The second-order valence-electron chi connectivity index (χ2n) is 3.46. The lowest BCUT2D eigenvalue weighted by molar-refractivity contribution is -0.385. The van der Waals surface area contributed by atoms with E-state index in [1.807, 2.05) is 0 Å². The number of carbonyl (C=O) groups is 1. The van der Waals surface area contributed by atoms with E-state index < -0.39 is 4.92 Å². The van der Waals surface area contributed by atoms with Gasteiger partial charge in [-0.15, -0.1) is 0 Å². The molecule has 90 valence electrons. The fraction of sp³-hybridized carbons (Fsp3) is 0.273. The highest BCUT2D eigenvalue weighted by Crippen LogP contribution is 2.15. The first-order valence-electron chi connectivity index (χ1n) is 5.02. The minimum atomic E-state index is -0.488. The number of aromatic nitrogens is 1. The van der Waals surface area contributed by atoms with Crippen LogP contribution in [0.15, 0.2) is 18.3 Å². The molecule has 1 N–H and O–H groups in total. The van der Waals surface area contributed by atoms with Crippen molar-refractivity contribution in [1.82, 2.24) is 10.3 Å². The Bertz CT molecular complexity index is 469. The average Bonchev–Trinajstić information content (AvgIpc) is 2.25. The Hall–Kier alpha value is -2.24. The summed E-state index contributed by atoms with van der Waals surface area (Å²) in [7, 11) is 0. The third kappa shape index (κ3) is 4.02. The van der Waals surface area contributed by atoms with Crippen molar-refractivity contribution < 1.29 is 9.72 Å². The van der Waals surface area contributed by atoms with E-state index in [0.29, 0.717) is 17.8 Å². The molecule has 6 nitrogen and oxygen atoms in total. The van der Waals surface area contributed by atoms with Crippen LogP contribution in [0, 0.1) is 17.0 Å². The third-order valence-electron chi connectivity index (χ3n) is 2.09. The molecule has 1 rings (SSSR count). The summed E-state index contributed by atoms with van der Waals surface area (Å²) in [5, 5.41) is 13.2. The maximum absolute atomic E-state index is 10.6. The van der Waals surface area contributed by atoms with Gasteiger partial charge in [0.2, 0.25) is 5.91 Å². The summed E-state index contributed by atoms with van der Waals surface area (Å²) in [6.45, 7) is 3.58. The van der Waals surface area contributed by atoms with Gasteiger partial charge in [-0.2, -0.15) is 0 Å². The van der Waals surface area contributed by atoms with Crippen LogP contribution in [0.25, 0.3) is 6.08 Å². The Morgan fingerprint density at radius 1 is 1.65 bits per heavy atom. The highest BCUT2D eigenvalue weighted by atomic mass is 16.6. The van der Waals surface area contributed by atoms with E-state index in [0.717, 1.165) is 0 Å². The van der Waals surface area contributed by atoms with Crippen molar-refractivity contribution >= 4 is 17.7 Å². The van der Waals surface area contributed by atoms with Crippen molar-refractivity contribution in [2.75, 3.05) is 6.54 Å². The predicted octanol–water partition coefficient (Wildman–Crippen LogP) is 1.45. The van der Waals surface area contributed by atoms with Crippen molar-refractivity contribution in [3.8, 4) is 0 Å². The zero-order valence-corrected chi connectivity index (χ0v) is 9.64. The van der Waals surface area contributed by atoms with Gasteiger partial charge in [0.25, 0.3) is 5.69 Å². The van der Waals surface area contributed by atoms with Crippen LogP contribution < -0.4 is 5.32 Å². The molecule has 0 saturated carbocycles. The second-order valence-corrected chi connectivity index (χ2v) is 3.46. The van der Waals surface area contributed by atoms with Gasteiger partial charge in [0.15, 0.2) is 0 Å². The van der Waals surface area contributed by atoms with E-state index in [2.05, 4.69) is 10.3 Å². The van der Waals surface area contributed by atoms with Gasteiger partial charge in [-0.1, -0.05) is 12.2 Å². The first kappa shape index (κ1) is 12.8. The summed E-state index contributed by atoms with van der Waals surface area (Å²) >= 11 is 0. The minimum absolute atomic E-state index is 0.0465. The summed E-state index contributed by atoms with van der Waals surface area (Å²) in [5.74, 6) is -0.122. The maximum Gasteiger partial charge on any atom is 0.288 e. The molecule has 0 fully saturated rings. The molecule has 0 aliphatic rings. The van der Waals surface area contributed by atoms with E-state index >= 15 is 0 Å². The quantitative estimate of drug-likeness (QED) is 0.632. The number of hydrogen-bond donors (Lipinski definition) is 1. The largest absolute Gasteiger partial charge is 0.353 e. The molecule has 0 atom stereocenters. The molecule has 0 bridgehead atoms. The molecule has 17 heavy (non-hydrogen) atoms. The molecule has 1 heterocycles. The number of rotatable bonds is 4. The smallest absolute Gasteiger partial charge is 0.288 e. The molecule has 1 amide bonds. The molecule has 0 radical (unpaired) electrons. The lowest BCUT2D eigenvalue weighted by Crippen LogP contribution is -2.19. The number of pyridine rings is 1. The fourth-order valence-corrected chi connectivity index (χ4v) is 1.20. The number of aryl methyl sites for hydroxylation is 1. The number of amides is 1. The van der Waals surface area contributed by atoms with Crippen LogP contribution in [0.3, 0.4) is 0 Å². The van der Waals surface area contributed by atoms with Crippen LogP contribution in [-0.4, -0.2) is 22.4 Å². The number of carbonyl (C=O) groups excluding carboxylic acids is 1. The van der Waals surface area contributed by atoms with Crippen molar-refractivity contribution in [1.29, 1.82) is 0 Å². The first-order chi connectivity index (χ1) is 8.00. The van der Waals surface area contributed by atoms with Crippen LogP contribution in [0.5, 0.6) is 0 Å². The van der Waals surface area contributed by atoms with E-state index in [1.54, 1.807) is 19.1 Å². The van der Waals surface area contributed by atoms with Crippen molar-refractivity contribution in [3.05, 3.63) is 39.7 Å². The monoisotopic (exact) mass is 235 g/mol. The molecule has 0 unspecified atom stereocenters. The van der Waals surface area contributed by atoms with Crippen LogP contribution in [-0.2, 0) is 4.79 Å². The number of nitrogens with zero attached hydrogens (tertiary/aromatic N) is 2.